The van der Waals surface area contributed by atoms with Gasteiger partial charge in [0, 0.05) is 23.7 Å². The summed E-state index contributed by atoms with van der Waals surface area (Å²) in [4.78, 5) is 8.81. The van der Waals surface area contributed by atoms with E-state index in [-0.39, 0.29) is 0 Å². The number of aromatic nitrogens is 4. The van der Waals surface area contributed by atoms with Crippen molar-refractivity contribution in [2.24, 2.45) is 5.73 Å². The van der Waals surface area contributed by atoms with E-state index in [1.165, 1.54) is 6.33 Å². The highest BCUT2D eigenvalue weighted by molar-refractivity contribution is 5.65. The Kier molecular flexibility index (Phi) is 3.23. The Morgan fingerprint density at radius 2 is 2.05 bits per heavy atom. The first kappa shape index (κ1) is 13.2. The minimum absolute atomic E-state index is 0.291. The van der Waals surface area contributed by atoms with E-state index in [0.29, 0.717) is 17.9 Å². The normalized spacial score (nSPS) is 21.3. The van der Waals surface area contributed by atoms with Gasteiger partial charge in [0.15, 0.2) is 0 Å². The number of nitrogens with zero attached hydrogens (tertiary/aromatic N) is 4. The molecule has 0 saturated heterocycles. The highest BCUT2D eigenvalue weighted by Gasteiger charge is 2.22. The van der Waals surface area contributed by atoms with Crippen molar-refractivity contribution in [3.05, 3.63) is 42.7 Å². The van der Waals surface area contributed by atoms with Crippen molar-refractivity contribution in [2.75, 3.05) is 5.32 Å². The van der Waals surface area contributed by atoms with Crippen molar-refractivity contribution in [2.45, 2.75) is 31.3 Å². The predicted molar refractivity (Wildman–Crippen MR) is 85.5 cm³/mol. The molecular formula is C16H18N6. The quantitative estimate of drug-likeness (QED) is 0.773. The summed E-state index contributed by atoms with van der Waals surface area (Å²) in [6.45, 7) is 0. The number of anilines is 1. The maximum Gasteiger partial charge on any atom is 0.254 e. The molecule has 1 aliphatic carbocycles. The first-order valence-electron chi connectivity index (χ1n) is 7.58. The van der Waals surface area contributed by atoms with E-state index < -0.39 is 0 Å². The highest BCUT2D eigenvalue weighted by atomic mass is 15.4. The molecule has 0 unspecified atom stereocenters. The number of nitrogens with one attached hydrogen (secondary N) is 1. The minimum Gasteiger partial charge on any atom is -0.367 e. The van der Waals surface area contributed by atoms with E-state index >= 15 is 0 Å². The molecule has 22 heavy (non-hydrogen) atoms. The van der Waals surface area contributed by atoms with Crippen LogP contribution in [0.4, 0.5) is 5.82 Å². The average Bonchev–Trinajstić information content (AvgIpc) is 3.17. The molecule has 1 aliphatic rings. The maximum atomic E-state index is 6.01. The van der Waals surface area contributed by atoms with Gasteiger partial charge in [-0.25, -0.2) is 4.98 Å². The third-order valence-corrected chi connectivity index (χ3v) is 4.15. The molecule has 2 atom stereocenters. The molecule has 0 radical (unpaired) electrons. The Hall–Kier alpha value is -2.47. The van der Waals surface area contributed by atoms with Crippen LogP contribution < -0.4 is 11.1 Å². The van der Waals surface area contributed by atoms with E-state index in [9.17, 15) is 0 Å². The molecule has 1 fully saturated rings. The number of nitrogens with two attached hydrogens (primary N) is 1. The van der Waals surface area contributed by atoms with Crippen LogP contribution in [-0.2, 0) is 0 Å². The van der Waals surface area contributed by atoms with Gasteiger partial charge in [-0.2, -0.15) is 14.6 Å². The molecule has 6 nitrogen and oxygen atoms in total. The third-order valence-electron chi connectivity index (χ3n) is 4.15. The van der Waals surface area contributed by atoms with Crippen LogP contribution in [-0.4, -0.2) is 31.7 Å². The predicted octanol–water partition coefficient (Wildman–Crippen LogP) is 2.08. The number of hydrogen-bond acceptors (Lipinski definition) is 5. The largest absolute Gasteiger partial charge is 0.367 e. The SMILES string of the molecule is N[C@@H]1CC[C@H](Nc2cc(-c3ccccc3)nc3ncnn23)C1. The summed E-state index contributed by atoms with van der Waals surface area (Å²) in [6, 6.07) is 12.8. The minimum atomic E-state index is 0.291. The van der Waals surface area contributed by atoms with Crippen LogP contribution in [0.2, 0.25) is 0 Å². The van der Waals surface area contributed by atoms with Crippen molar-refractivity contribution in [1.82, 2.24) is 19.6 Å². The fourth-order valence-electron chi connectivity index (χ4n) is 3.03. The molecule has 0 amide bonds. The second-order valence-corrected chi connectivity index (χ2v) is 5.78. The van der Waals surface area contributed by atoms with E-state index in [4.69, 9.17) is 5.73 Å². The lowest BCUT2D eigenvalue weighted by Gasteiger charge is -2.15. The zero-order valence-electron chi connectivity index (χ0n) is 12.2. The molecule has 0 aliphatic heterocycles. The van der Waals surface area contributed by atoms with Crippen LogP contribution in [0.15, 0.2) is 42.7 Å². The van der Waals surface area contributed by atoms with Gasteiger partial charge in [-0.3, -0.25) is 0 Å². The maximum absolute atomic E-state index is 6.01. The Bertz CT molecular complexity index is 782. The van der Waals surface area contributed by atoms with Crippen molar-refractivity contribution in [1.29, 1.82) is 0 Å². The molecule has 3 aromatic rings. The van der Waals surface area contributed by atoms with Crippen LogP contribution in [0.5, 0.6) is 0 Å². The van der Waals surface area contributed by atoms with E-state index in [2.05, 4.69) is 20.4 Å². The fraction of sp³-hybridized carbons (Fsp3) is 0.312. The number of fused-ring (bicyclic) bond motifs is 1. The molecule has 2 aromatic heterocycles. The summed E-state index contributed by atoms with van der Waals surface area (Å²) in [6.07, 6.45) is 4.66. The first-order valence-corrected chi connectivity index (χ1v) is 7.58. The third kappa shape index (κ3) is 2.42. The monoisotopic (exact) mass is 294 g/mol. The molecule has 3 N–H and O–H groups in total. The van der Waals surface area contributed by atoms with Gasteiger partial charge in [0.05, 0.1) is 5.69 Å². The van der Waals surface area contributed by atoms with Gasteiger partial charge < -0.3 is 11.1 Å². The topological polar surface area (TPSA) is 81.1 Å². The molecule has 0 spiro atoms. The number of rotatable bonds is 3. The van der Waals surface area contributed by atoms with Crippen molar-refractivity contribution in [3.8, 4) is 11.3 Å². The lowest BCUT2D eigenvalue weighted by molar-refractivity contribution is 0.684. The summed E-state index contributed by atoms with van der Waals surface area (Å²) in [5, 5.41) is 7.81. The smallest absolute Gasteiger partial charge is 0.254 e. The van der Waals surface area contributed by atoms with Crippen LogP contribution >= 0.6 is 0 Å². The lowest BCUT2D eigenvalue weighted by Crippen LogP contribution is -2.22. The molecule has 6 heteroatoms. The second kappa shape index (κ2) is 5.38. The lowest BCUT2D eigenvalue weighted by atomic mass is 10.1. The summed E-state index contributed by atoms with van der Waals surface area (Å²) in [7, 11) is 0. The average molecular weight is 294 g/mol. The van der Waals surface area contributed by atoms with E-state index in [1.807, 2.05) is 36.4 Å². The standard InChI is InChI=1S/C16H18N6/c17-12-6-7-13(8-12)20-15-9-14(11-4-2-1-3-5-11)21-16-18-10-19-22(15)16/h1-5,9-10,12-13,20H,6-8,17H2/t12-,13+/m1/s1. The molecule has 1 aromatic carbocycles. The first-order chi connectivity index (χ1) is 10.8. The summed E-state index contributed by atoms with van der Waals surface area (Å²) in [5.74, 6) is 1.52. The van der Waals surface area contributed by atoms with Crippen molar-refractivity contribution >= 4 is 11.6 Å². The van der Waals surface area contributed by atoms with Gasteiger partial charge in [0.25, 0.3) is 5.78 Å². The molecule has 1 saturated carbocycles. The van der Waals surface area contributed by atoms with E-state index in [0.717, 1.165) is 36.3 Å². The molecule has 2 heterocycles. The van der Waals surface area contributed by atoms with Crippen LogP contribution in [0.1, 0.15) is 19.3 Å². The molecule has 112 valence electrons. The van der Waals surface area contributed by atoms with Gasteiger partial charge >= 0.3 is 0 Å². The Morgan fingerprint density at radius 3 is 2.82 bits per heavy atom. The number of hydrogen-bond donors (Lipinski definition) is 2. The van der Waals surface area contributed by atoms with Gasteiger partial charge in [0.1, 0.15) is 12.1 Å². The molecule has 4 rings (SSSR count). The van der Waals surface area contributed by atoms with Crippen LogP contribution in [0.3, 0.4) is 0 Å². The van der Waals surface area contributed by atoms with Crippen LogP contribution in [0, 0.1) is 0 Å². The van der Waals surface area contributed by atoms with E-state index in [1.54, 1.807) is 4.52 Å². The Morgan fingerprint density at radius 1 is 1.18 bits per heavy atom. The highest BCUT2D eigenvalue weighted by Crippen LogP contribution is 2.25. The van der Waals surface area contributed by atoms with Crippen LogP contribution in [0.25, 0.3) is 17.0 Å². The van der Waals surface area contributed by atoms with Gasteiger partial charge in [0.2, 0.25) is 0 Å². The summed E-state index contributed by atoms with van der Waals surface area (Å²) in [5.41, 5.74) is 7.97. The van der Waals surface area contributed by atoms with Gasteiger partial charge in [-0.1, -0.05) is 30.3 Å². The number of benzene rings is 1. The van der Waals surface area contributed by atoms with Crippen molar-refractivity contribution < 1.29 is 0 Å². The van der Waals surface area contributed by atoms with Crippen molar-refractivity contribution in [3.63, 3.8) is 0 Å². The summed E-state index contributed by atoms with van der Waals surface area (Å²) < 4.78 is 1.75. The zero-order valence-corrected chi connectivity index (χ0v) is 12.2. The molecule has 0 bridgehead atoms. The fourth-order valence-corrected chi connectivity index (χ4v) is 3.03. The van der Waals surface area contributed by atoms with Gasteiger partial charge in [-0.15, -0.1) is 0 Å². The van der Waals surface area contributed by atoms with Gasteiger partial charge in [-0.05, 0) is 19.3 Å². The Labute approximate surface area is 128 Å². The second-order valence-electron chi connectivity index (χ2n) is 5.78. The zero-order chi connectivity index (χ0) is 14.9. The summed E-state index contributed by atoms with van der Waals surface area (Å²) >= 11 is 0. The Balaban J connectivity index is 1.74. The molecular weight excluding hydrogens is 276 g/mol.